The molecule has 22 heavy (non-hydrogen) atoms. The molecule has 0 unspecified atom stereocenters. The van der Waals surface area contributed by atoms with Crippen LogP contribution in [0.4, 0.5) is 10.5 Å². The van der Waals surface area contributed by atoms with E-state index in [-0.39, 0.29) is 0 Å². The highest BCUT2D eigenvalue weighted by Gasteiger charge is 2.16. The quantitative estimate of drug-likeness (QED) is 0.770. The minimum Gasteiger partial charge on any atom is -0.444 e. The summed E-state index contributed by atoms with van der Waals surface area (Å²) in [6, 6.07) is 12.2. The Kier molecular flexibility index (Phi) is 5.30. The summed E-state index contributed by atoms with van der Waals surface area (Å²) < 4.78 is 5.25. The molecule has 0 radical (unpaired) electrons. The van der Waals surface area contributed by atoms with Crippen molar-refractivity contribution in [3.8, 4) is 0 Å². The summed E-state index contributed by atoms with van der Waals surface area (Å²) in [6.45, 7) is 5.53. The molecule has 3 nitrogen and oxygen atoms in total. The number of anilines is 1. The lowest BCUT2D eigenvalue weighted by molar-refractivity contribution is 0.0636. The van der Waals surface area contributed by atoms with Crippen LogP contribution in [0.5, 0.6) is 0 Å². The predicted octanol–water partition coefficient (Wildman–Crippen LogP) is 5.36. The highest BCUT2D eigenvalue weighted by molar-refractivity contribution is 6.17. The molecule has 2 aromatic carbocycles. The number of nitrogens with one attached hydrogen (secondary N) is 1. The molecule has 2 rings (SSSR count). The Hall–Kier alpha value is -1.74. The Morgan fingerprint density at radius 3 is 2.50 bits per heavy atom. The number of hydrogen-bond acceptors (Lipinski definition) is 2. The first-order chi connectivity index (χ1) is 10.4. The molecule has 2 aromatic rings. The van der Waals surface area contributed by atoms with Gasteiger partial charge in [0, 0.05) is 11.6 Å². The predicted molar refractivity (Wildman–Crippen MR) is 92.8 cm³/mol. The molecule has 4 heteroatoms. The summed E-state index contributed by atoms with van der Waals surface area (Å²) in [7, 11) is 0. The van der Waals surface area contributed by atoms with E-state index in [4.69, 9.17) is 16.3 Å². The van der Waals surface area contributed by atoms with Crippen molar-refractivity contribution in [1.29, 1.82) is 0 Å². The van der Waals surface area contributed by atoms with Crippen LogP contribution in [0.3, 0.4) is 0 Å². The molecule has 0 saturated carbocycles. The number of halogens is 1. The average Bonchev–Trinajstić information content (AvgIpc) is 2.43. The van der Waals surface area contributed by atoms with Gasteiger partial charge in [-0.2, -0.15) is 0 Å². The van der Waals surface area contributed by atoms with Crippen LogP contribution < -0.4 is 5.32 Å². The smallest absolute Gasteiger partial charge is 0.412 e. The molecule has 0 aliphatic heterocycles. The maximum Gasteiger partial charge on any atom is 0.412 e. The van der Waals surface area contributed by atoms with Crippen LogP contribution in [0.2, 0.25) is 0 Å². The average molecular weight is 320 g/mol. The number of hydrogen-bond donors (Lipinski definition) is 1. The van der Waals surface area contributed by atoms with Crippen molar-refractivity contribution < 1.29 is 9.53 Å². The van der Waals surface area contributed by atoms with Gasteiger partial charge in [0.25, 0.3) is 0 Å². The molecule has 0 aromatic heterocycles. The van der Waals surface area contributed by atoms with Gasteiger partial charge in [-0.3, -0.25) is 5.32 Å². The number of fused-ring (bicyclic) bond motifs is 1. The number of amides is 1. The second kappa shape index (κ2) is 7.01. The second-order valence-corrected chi connectivity index (χ2v) is 6.69. The zero-order valence-corrected chi connectivity index (χ0v) is 14.0. The van der Waals surface area contributed by atoms with Crippen LogP contribution in [0.25, 0.3) is 10.8 Å². The maximum atomic E-state index is 11.8. The van der Waals surface area contributed by atoms with Crippen molar-refractivity contribution in [2.75, 3.05) is 11.2 Å². The Bertz CT molecular complexity index is 662. The van der Waals surface area contributed by atoms with Crippen molar-refractivity contribution in [3.63, 3.8) is 0 Å². The van der Waals surface area contributed by atoms with E-state index < -0.39 is 11.7 Å². The van der Waals surface area contributed by atoms with Gasteiger partial charge in [0.2, 0.25) is 0 Å². The van der Waals surface area contributed by atoms with Crippen LogP contribution in [-0.4, -0.2) is 17.6 Å². The van der Waals surface area contributed by atoms with Gasteiger partial charge in [-0.05, 0) is 62.1 Å². The fraction of sp³-hybridized carbons (Fsp3) is 0.389. The first-order valence-electron chi connectivity index (χ1n) is 7.46. The van der Waals surface area contributed by atoms with Crippen LogP contribution >= 0.6 is 11.6 Å². The molecule has 0 saturated heterocycles. The van der Waals surface area contributed by atoms with E-state index in [0.717, 1.165) is 29.3 Å². The molecule has 0 fully saturated rings. The lowest BCUT2D eigenvalue weighted by Gasteiger charge is -2.19. The van der Waals surface area contributed by atoms with E-state index in [9.17, 15) is 4.79 Å². The van der Waals surface area contributed by atoms with Crippen molar-refractivity contribution in [2.24, 2.45) is 0 Å². The molecule has 0 spiro atoms. The highest BCUT2D eigenvalue weighted by atomic mass is 35.5. The van der Waals surface area contributed by atoms with E-state index in [1.807, 2.05) is 39.0 Å². The maximum absolute atomic E-state index is 11.8. The molecular formula is C18H22ClNO2. The first-order valence-corrected chi connectivity index (χ1v) is 7.99. The van der Waals surface area contributed by atoms with E-state index in [1.54, 1.807) is 0 Å². The Balaban J connectivity index is 2.12. The van der Waals surface area contributed by atoms with Crippen LogP contribution in [-0.2, 0) is 11.2 Å². The largest absolute Gasteiger partial charge is 0.444 e. The van der Waals surface area contributed by atoms with Crippen LogP contribution in [0, 0.1) is 0 Å². The fourth-order valence-corrected chi connectivity index (χ4v) is 2.35. The van der Waals surface area contributed by atoms with Crippen LogP contribution in [0.15, 0.2) is 36.4 Å². The third-order valence-corrected chi connectivity index (χ3v) is 3.42. The lowest BCUT2D eigenvalue weighted by Crippen LogP contribution is -2.27. The monoisotopic (exact) mass is 319 g/mol. The van der Waals surface area contributed by atoms with E-state index in [0.29, 0.717) is 5.88 Å². The standard InChI is InChI=1S/C18H22ClNO2/c1-18(2,3)22-17(21)20-16-9-8-14-11-13(5-4-10-19)6-7-15(14)12-16/h6-9,11-12H,4-5,10H2,1-3H3,(H,20,21). The van der Waals surface area contributed by atoms with Gasteiger partial charge in [0.05, 0.1) is 0 Å². The van der Waals surface area contributed by atoms with Crippen molar-refractivity contribution in [1.82, 2.24) is 0 Å². The Morgan fingerprint density at radius 2 is 1.82 bits per heavy atom. The summed E-state index contributed by atoms with van der Waals surface area (Å²) >= 11 is 5.73. The molecule has 118 valence electrons. The van der Waals surface area contributed by atoms with Gasteiger partial charge in [-0.15, -0.1) is 11.6 Å². The first kappa shape index (κ1) is 16.6. The SMILES string of the molecule is CC(C)(C)OC(=O)Nc1ccc2cc(CCCCl)ccc2c1. The minimum atomic E-state index is -0.502. The molecule has 0 atom stereocenters. The molecule has 1 N–H and O–H groups in total. The number of benzene rings is 2. The third-order valence-electron chi connectivity index (χ3n) is 3.15. The van der Waals surface area contributed by atoms with Gasteiger partial charge in [0.1, 0.15) is 5.60 Å². The van der Waals surface area contributed by atoms with Gasteiger partial charge in [-0.1, -0.05) is 24.3 Å². The summed E-state index contributed by atoms with van der Waals surface area (Å²) in [5.74, 6) is 0.677. The van der Waals surface area contributed by atoms with Crippen molar-refractivity contribution in [2.45, 2.75) is 39.2 Å². The topological polar surface area (TPSA) is 38.3 Å². The van der Waals surface area contributed by atoms with Gasteiger partial charge >= 0.3 is 6.09 Å². The Labute approximate surface area is 136 Å². The van der Waals surface area contributed by atoms with Gasteiger partial charge < -0.3 is 4.74 Å². The minimum absolute atomic E-state index is 0.439. The zero-order valence-electron chi connectivity index (χ0n) is 13.3. The van der Waals surface area contributed by atoms with Crippen molar-refractivity contribution in [3.05, 3.63) is 42.0 Å². The van der Waals surface area contributed by atoms with Gasteiger partial charge in [-0.25, -0.2) is 4.79 Å². The third kappa shape index (κ3) is 4.92. The highest BCUT2D eigenvalue weighted by Crippen LogP contribution is 2.22. The van der Waals surface area contributed by atoms with Crippen LogP contribution in [0.1, 0.15) is 32.8 Å². The molecule has 0 bridgehead atoms. The second-order valence-electron chi connectivity index (χ2n) is 6.32. The van der Waals surface area contributed by atoms with E-state index >= 15 is 0 Å². The number of alkyl halides is 1. The number of rotatable bonds is 4. The molecule has 0 aliphatic rings. The van der Waals surface area contributed by atoms with E-state index in [1.165, 1.54) is 5.56 Å². The van der Waals surface area contributed by atoms with Crippen molar-refractivity contribution >= 4 is 34.2 Å². The number of carbonyl (C=O) groups excluding carboxylic acids is 1. The fourth-order valence-electron chi connectivity index (χ4n) is 2.22. The summed E-state index contributed by atoms with van der Waals surface area (Å²) in [5, 5.41) is 5.00. The molecule has 1 amide bonds. The van der Waals surface area contributed by atoms with Gasteiger partial charge in [0.15, 0.2) is 0 Å². The van der Waals surface area contributed by atoms with E-state index in [2.05, 4.69) is 23.5 Å². The summed E-state index contributed by atoms with van der Waals surface area (Å²) in [5.41, 5.74) is 1.51. The Morgan fingerprint density at radius 1 is 1.14 bits per heavy atom. The summed E-state index contributed by atoms with van der Waals surface area (Å²) in [6.07, 6.45) is 1.52. The number of ether oxygens (including phenoxy) is 1. The lowest BCUT2D eigenvalue weighted by atomic mass is 10.0. The number of carbonyl (C=O) groups is 1. The molecule has 0 aliphatic carbocycles. The number of aryl methyl sites for hydroxylation is 1. The summed E-state index contributed by atoms with van der Waals surface area (Å²) in [4.78, 5) is 11.8. The zero-order chi connectivity index (χ0) is 16.2. The normalized spacial score (nSPS) is 11.5. The molecular weight excluding hydrogens is 298 g/mol. The molecule has 0 heterocycles.